The minimum Gasteiger partial charge on any atom is -0.456 e. The lowest BCUT2D eigenvalue weighted by atomic mass is 9.97. The van der Waals surface area contributed by atoms with Crippen LogP contribution in [-0.4, -0.2) is 30.3 Å². The lowest BCUT2D eigenvalue weighted by molar-refractivity contribution is -0.148. The van der Waals surface area contributed by atoms with Gasteiger partial charge in [0.05, 0.1) is 6.42 Å². The van der Waals surface area contributed by atoms with E-state index in [0.29, 0.717) is 11.5 Å². The SMILES string of the molecule is CC[C@@H](C)c1ccc(C(=O)COC(=O)[C@@H](NC(=O)Cc2ccccc2)C(C)C)cc1. The molecule has 0 spiro atoms. The first kappa shape index (κ1) is 23.3. The third-order valence-electron chi connectivity index (χ3n) is 5.20. The molecule has 2 rings (SSSR count). The largest absolute Gasteiger partial charge is 0.456 e. The van der Waals surface area contributed by atoms with Crippen LogP contribution < -0.4 is 5.32 Å². The summed E-state index contributed by atoms with van der Waals surface area (Å²) in [6.07, 6.45) is 1.20. The number of benzene rings is 2. The van der Waals surface area contributed by atoms with E-state index in [0.717, 1.165) is 12.0 Å². The number of ketones is 1. The van der Waals surface area contributed by atoms with E-state index in [1.807, 2.05) is 56.3 Å². The van der Waals surface area contributed by atoms with Gasteiger partial charge >= 0.3 is 5.97 Å². The van der Waals surface area contributed by atoms with Gasteiger partial charge in [-0.2, -0.15) is 0 Å². The first-order valence-corrected chi connectivity index (χ1v) is 10.4. The molecule has 2 aromatic carbocycles. The van der Waals surface area contributed by atoms with Crippen molar-refractivity contribution in [2.75, 3.05) is 6.61 Å². The Morgan fingerprint density at radius 3 is 2.13 bits per heavy atom. The van der Waals surface area contributed by atoms with E-state index >= 15 is 0 Å². The van der Waals surface area contributed by atoms with Crippen LogP contribution in [0.4, 0.5) is 0 Å². The van der Waals surface area contributed by atoms with E-state index < -0.39 is 12.0 Å². The quantitative estimate of drug-likeness (QED) is 0.469. The van der Waals surface area contributed by atoms with E-state index in [-0.39, 0.29) is 30.6 Å². The zero-order valence-electron chi connectivity index (χ0n) is 18.2. The second kappa shape index (κ2) is 11.3. The fraction of sp³-hybridized carbons (Fsp3) is 0.400. The molecule has 0 heterocycles. The maximum absolute atomic E-state index is 12.5. The molecule has 160 valence electrons. The summed E-state index contributed by atoms with van der Waals surface area (Å²) in [6, 6.07) is 15.9. The number of Topliss-reactive ketones (excluding diaryl/α,β-unsaturated/α-hetero) is 1. The van der Waals surface area contributed by atoms with Crippen LogP contribution in [0.15, 0.2) is 54.6 Å². The van der Waals surface area contributed by atoms with E-state index in [4.69, 9.17) is 4.74 Å². The average molecular weight is 410 g/mol. The Balaban J connectivity index is 1.91. The molecule has 0 radical (unpaired) electrons. The number of hydrogen-bond donors (Lipinski definition) is 1. The van der Waals surface area contributed by atoms with Crippen molar-refractivity contribution in [3.63, 3.8) is 0 Å². The minimum absolute atomic E-state index is 0.165. The highest BCUT2D eigenvalue weighted by atomic mass is 16.5. The van der Waals surface area contributed by atoms with E-state index in [1.165, 1.54) is 5.56 Å². The predicted molar refractivity (Wildman–Crippen MR) is 117 cm³/mol. The second-order valence-corrected chi connectivity index (χ2v) is 7.91. The van der Waals surface area contributed by atoms with Gasteiger partial charge in [-0.3, -0.25) is 9.59 Å². The van der Waals surface area contributed by atoms with Crippen molar-refractivity contribution in [2.45, 2.75) is 52.5 Å². The van der Waals surface area contributed by atoms with Crippen LogP contribution in [0, 0.1) is 5.92 Å². The number of carbonyl (C=O) groups excluding carboxylic acids is 3. The number of hydrogen-bond acceptors (Lipinski definition) is 4. The van der Waals surface area contributed by atoms with Crippen molar-refractivity contribution in [3.8, 4) is 0 Å². The lowest BCUT2D eigenvalue weighted by Crippen LogP contribution is -2.46. The van der Waals surface area contributed by atoms with Gasteiger partial charge in [-0.15, -0.1) is 0 Å². The van der Waals surface area contributed by atoms with Gasteiger partial charge in [0.1, 0.15) is 6.04 Å². The van der Waals surface area contributed by atoms with Gasteiger partial charge in [-0.05, 0) is 29.4 Å². The van der Waals surface area contributed by atoms with Crippen LogP contribution in [0.2, 0.25) is 0 Å². The summed E-state index contributed by atoms with van der Waals surface area (Å²) in [4.78, 5) is 37.2. The molecule has 2 atom stereocenters. The first-order valence-electron chi connectivity index (χ1n) is 10.4. The van der Waals surface area contributed by atoms with Crippen LogP contribution in [0.1, 0.15) is 61.5 Å². The fourth-order valence-electron chi connectivity index (χ4n) is 3.05. The standard InChI is InChI=1S/C25H31NO4/c1-5-18(4)20-11-13-21(14-12-20)22(27)16-30-25(29)24(17(2)3)26-23(28)15-19-9-7-6-8-10-19/h6-14,17-18,24H,5,15-16H2,1-4H3,(H,26,28)/t18-,24+/m1/s1. The summed E-state index contributed by atoms with van der Waals surface area (Å²) in [7, 11) is 0. The highest BCUT2D eigenvalue weighted by Gasteiger charge is 2.26. The molecule has 0 bridgehead atoms. The van der Waals surface area contributed by atoms with Gasteiger partial charge in [0.25, 0.3) is 0 Å². The molecule has 2 aromatic rings. The summed E-state index contributed by atoms with van der Waals surface area (Å²) in [5.74, 6) is -0.864. The Morgan fingerprint density at radius 2 is 1.57 bits per heavy atom. The van der Waals surface area contributed by atoms with E-state index in [9.17, 15) is 14.4 Å². The highest BCUT2D eigenvalue weighted by Crippen LogP contribution is 2.19. The molecule has 0 aliphatic carbocycles. The fourth-order valence-corrected chi connectivity index (χ4v) is 3.05. The van der Waals surface area contributed by atoms with Crippen molar-refractivity contribution in [2.24, 2.45) is 5.92 Å². The number of amides is 1. The van der Waals surface area contributed by atoms with Gasteiger partial charge in [0.15, 0.2) is 12.4 Å². The van der Waals surface area contributed by atoms with Crippen LogP contribution in [-0.2, 0) is 20.7 Å². The number of nitrogens with one attached hydrogen (secondary N) is 1. The van der Waals surface area contributed by atoms with E-state index in [1.54, 1.807) is 12.1 Å². The Labute approximate surface area is 178 Å². The number of ether oxygens (including phenoxy) is 1. The predicted octanol–water partition coefficient (Wildman–Crippen LogP) is 4.31. The maximum Gasteiger partial charge on any atom is 0.329 e. The van der Waals surface area contributed by atoms with Crippen LogP contribution in [0.25, 0.3) is 0 Å². The number of rotatable bonds is 10. The Bertz CT molecular complexity index is 843. The molecule has 30 heavy (non-hydrogen) atoms. The molecule has 1 amide bonds. The zero-order chi connectivity index (χ0) is 22.1. The normalized spacial score (nSPS) is 12.8. The second-order valence-electron chi connectivity index (χ2n) is 7.91. The summed E-state index contributed by atoms with van der Waals surface area (Å²) < 4.78 is 5.23. The summed E-state index contributed by atoms with van der Waals surface area (Å²) in [5.41, 5.74) is 2.54. The van der Waals surface area contributed by atoms with Crippen molar-refractivity contribution in [1.29, 1.82) is 0 Å². The van der Waals surface area contributed by atoms with Gasteiger partial charge in [-0.25, -0.2) is 4.79 Å². The molecule has 0 aliphatic heterocycles. The molecule has 0 saturated carbocycles. The molecular weight excluding hydrogens is 378 g/mol. The summed E-state index contributed by atoms with van der Waals surface area (Å²) >= 11 is 0. The number of carbonyl (C=O) groups is 3. The van der Waals surface area contributed by atoms with E-state index in [2.05, 4.69) is 19.2 Å². The van der Waals surface area contributed by atoms with Gasteiger partial charge < -0.3 is 10.1 Å². The molecule has 0 aromatic heterocycles. The molecule has 5 heteroatoms. The van der Waals surface area contributed by atoms with Gasteiger partial charge in [-0.1, -0.05) is 82.3 Å². The lowest BCUT2D eigenvalue weighted by Gasteiger charge is -2.20. The van der Waals surface area contributed by atoms with Crippen LogP contribution in [0.5, 0.6) is 0 Å². The van der Waals surface area contributed by atoms with Crippen molar-refractivity contribution in [3.05, 3.63) is 71.3 Å². The molecular formula is C25H31NO4. The molecule has 0 fully saturated rings. The van der Waals surface area contributed by atoms with Crippen molar-refractivity contribution >= 4 is 17.7 Å². The molecule has 5 nitrogen and oxygen atoms in total. The molecule has 0 aliphatic rings. The average Bonchev–Trinajstić information content (AvgIpc) is 2.75. The molecule has 0 saturated heterocycles. The van der Waals surface area contributed by atoms with Crippen LogP contribution >= 0.6 is 0 Å². The smallest absolute Gasteiger partial charge is 0.329 e. The Kier molecular flexibility index (Phi) is 8.78. The van der Waals surface area contributed by atoms with Gasteiger partial charge in [0.2, 0.25) is 5.91 Å². The first-order chi connectivity index (χ1) is 14.3. The van der Waals surface area contributed by atoms with Gasteiger partial charge in [0, 0.05) is 5.56 Å². The highest BCUT2D eigenvalue weighted by molar-refractivity contribution is 5.98. The maximum atomic E-state index is 12.5. The number of esters is 1. The third-order valence-corrected chi connectivity index (χ3v) is 5.20. The monoisotopic (exact) mass is 409 g/mol. The van der Waals surface area contributed by atoms with Crippen molar-refractivity contribution in [1.82, 2.24) is 5.32 Å². The minimum atomic E-state index is -0.804. The topological polar surface area (TPSA) is 72.5 Å². The Hall–Kier alpha value is -2.95. The summed E-state index contributed by atoms with van der Waals surface area (Å²) in [6.45, 7) is 7.55. The molecule has 1 N–H and O–H groups in total. The Morgan fingerprint density at radius 1 is 0.933 bits per heavy atom. The molecule has 0 unspecified atom stereocenters. The third kappa shape index (κ3) is 6.83. The van der Waals surface area contributed by atoms with Crippen molar-refractivity contribution < 1.29 is 19.1 Å². The van der Waals surface area contributed by atoms with Crippen LogP contribution in [0.3, 0.4) is 0 Å². The summed E-state index contributed by atoms with van der Waals surface area (Å²) in [5, 5.41) is 2.73. The zero-order valence-corrected chi connectivity index (χ0v) is 18.2.